The quantitative estimate of drug-likeness (QED) is 0.574. The lowest BCUT2D eigenvalue weighted by Crippen LogP contribution is -2.41. The lowest BCUT2D eigenvalue weighted by atomic mass is 9.95. The van der Waals surface area contributed by atoms with Crippen LogP contribution in [-0.4, -0.2) is 34.8 Å². The van der Waals surface area contributed by atoms with Crippen molar-refractivity contribution in [2.75, 3.05) is 6.54 Å². The van der Waals surface area contributed by atoms with Crippen LogP contribution in [0.3, 0.4) is 0 Å². The zero-order valence-corrected chi connectivity index (χ0v) is 12.5. The first-order chi connectivity index (χ1) is 8.58. The van der Waals surface area contributed by atoms with Gasteiger partial charge in [0, 0.05) is 11.8 Å². The van der Waals surface area contributed by atoms with E-state index in [-0.39, 0.29) is 36.1 Å². The molecule has 2 amide bonds. The predicted molar refractivity (Wildman–Crippen MR) is 70.1 cm³/mol. The Morgan fingerprint density at radius 1 is 1.21 bits per heavy atom. The van der Waals surface area contributed by atoms with Crippen LogP contribution in [0.25, 0.3) is 0 Å². The van der Waals surface area contributed by atoms with Crippen LogP contribution in [0.15, 0.2) is 0 Å². The Kier molecular flexibility index (Phi) is 4.38. The number of carbonyl (C=O) groups is 3. The summed E-state index contributed by atoms with van der Waals surface area (Å²) in [7, 11) is 0. The summed E-state index contributed by atoms with van der Waals surface area (Å²) >= 11 is 0. The van der Waals surface area contributed by atoms with E-state index in [9.17, 15) is 14.4 Å². The first-order valence-electron chi connectivity index (χ1n) is 6.65. The van der Waals surface area contributed by atoms with E-state index >= 15 is 0 Å². The molecule has 2 unspecified atom stereocenters. The Morgan fingerprint density at radius 3 is 2.00 bits per heavy atom. The van der Waals surface area contributed by atoms with Crippen LogP contribution in [0.1, 0.15) is 41.5 Å². The van der Waals surface area contributed by atoms with Crippen LogP contribution < -0.4 is 0 Å². The van der Waals surface area contributed by atoms with Crippen molar-refractivity contribution in [2.45, 2.75) is 47.1 Å². The summed E-state index contributed by atoms with van der Waals surface area (Å²) in [5.74, 6) is -1.70. The van der Waals surface area contributed by atoms with Crippen molar-refractivity contribution >= 4 is 17.8 Å². The maximum Gasteiger partial charge on any atom is 0.326 e. The average molecular weight is 269 g/mol. The third kappa shape index (κ3) is 3.14. The van der Waals surface area contributed by atoms with Crippen molar-refractivity contribution in [3.05, 3.63) is 0 Å². The third-order valence-electron chi connectivity index (χ3n) is 4.12. The number of hydrogen-bond acceptors (Lipinski definition) is 4. The molecule has 2 atom stereocenters. The maximum atomic E-state index is 11.9. The molecule has 1 rings (SSSR count). The smallest absolute Gasteiger partial charge is 0.326 e. The summed E-state index contributed by atoms with van der Waals surface area (Å²) in [5.41, 5.74) is -0.611. The van der Waals surface area contributed by atoms with Gasteiger partial charge in [-0.25, -0.2) is 0 Å². The van der Waals surface area contributed by atoms with Gasteiger partial charge in [0.05, 0.1) is 0 Å². The number of ether oxygens (including phenoxy) is 1. The molecule has 108 valence electrons. The minimum atomic E-state index is -0.611. The minimum absolute atomic E-state index is 0.152. The van der Waals surface area contributed by atoms with Gasteiger partial charge in [-0.1, -0.05) is 27.7 Å². The summed E-state index contributed by atoms with van der Waals surface area (Å²) in [6, 6.07) is 0. The highest BCUT2D eigenvalue weighted by molar-refractivity contribution is 6.06. The molecule has 0 bridgehead atoms. The molecular formula is C14H23NO4. The zero-order valence-electron chi connectivity index (χ0n) is 12.5. The van der Waals surface area contributed by atoms with Gasteiger partial charge >= 0.3 is 5.97 Å². The second kappa shape index (κ2) is 5.31. The molecule has 1 aliphatic rings. The molecular weight excluding hydrogens is 246 g/mol. The lowest BCUT2D eigenvalue weighted by molar-refractivity contribution is -0.165. The minimum Gasteiger partial charge on any atom is -0.458 e. The van der Waals surface area contributed by atoms with E-state index in [2.05, 4.69) is 0 Å². The highest BCUT2D eigenvalue weighted by Gasteiger charge is 2.43. The van der Waals surface area contributed by atoms with Gasteiger partial charge in [-0.05, 0) is 19.8 Å². The number of esters is 1. The molecule has 5 nitrogen and oxygen atoms in total. The molecule has 1 fully saturated rings. The largest absolute Gasteiger partial charge is 0.458 e. The van der Waals surface area contributed by atoms with E-state index < -0.39 is 11.6 Å². The van der Waals surface area contributed by atoms with E-state index in [0.717, 1.165) is 4.90 Å². The molecule has 5 heteroatoms. The molecule has 0 N–H and O–H groups in total. The van der Waals surface area contributed by atoms with Gasteiger partial charge in [0.15, 0.2) is 0 Å². The average Bonchev–Trinajstić information content (AvgIpc) is 2.46. The van der Waals surface area contributed by atoms with Crippen molar-refractivity contribution < 1.29 is 19.1 Å². The Morgan fingerprint density at radius 2 is 1.63 bits per heavy atom. The SMILES string of the molecule is CC1C(=O)N(CC(=O)OC(C)(C)C(C)C)C(=O)C1C. The highest BCUT2D eigenvalue weighted by atomic mass is 16.6. The summed E-state index contributed by atoms with van der Waals surface area (Å²) < 4.78 is 5.34. The second-order valence-electron chi connectivity index (χ2n) is 6.07. The van der Waals surface area contributed by atoms with Crippen LogP contribution in [-0.2, 0) is 19.1 Å². The Bertz CT molecular complexity index is 380. The molecule has 0 spiro atoms. The molecule has 0 aromatic heterocycles. The van der Waals surface area contributed by atoms with Crippen molar-refractivity contribution in [1.82, 2.24) is 4.90 Å². The molecule has 19 heavy (non-hydrogen) atoms. The fourth-order valence-electron chi connectivity index (χ4n) is 1.76. The van der Waals surface area contributed by atoms with E-state index in [1.807, 2.05) is 27.7 Å². The number of nitrogens with zero attached hydrogens (tertiary/aromatic N) is 1. The molecule has 0 aromatic rings. The number of carbonyl (C=O) groups excluding carboxylic acids is 3. The summed E-state index contributed by atoms with van der Waals surface area (Å²) in [4.78, 5) is 36.6. The molecule has 0 saturated carbocycles. The van der Waals surface area contributed by atoms with Crippen molar-refractivity contribution in [3.63, 3.8) is 0 Å². The normalized spacial score (nSPS) is 24.3. The van der Waals surface area contributed by atoms with E-state index in [1.54, 1.807) is 13.8 Å². The predicted octanol–water partition coefficient (Wildman–Crippen LogP) is 1.61. The first kappa shape index (κ1) is 15.7. The van der Waals surface area contributed by atoms with Gasteiger partial charge < -0.3 is 4.74 Å². The van der Waals surface area contributed by atoms with Gasteiger partial charge in [-0.2, -0.15) is 0 Å². The monoisotopic (exact) mass is 269 g/mol. The van der Waals surface area contributed by atoms with E-state index in [4.69, 9.17) is 4.74 Å². The van der Waals surface area contributed by atoms with Gasteiger partial charge in [-0.3, -0.25) is 19.3 Å². The molecule has 0 aromatic carbocycles. The fourth-order valence-corrected chi connectivity index (χ4v) is 1.76. The first-order valence-corrected chi connectivity index (χ1v) is 6.65. The van der Waals surface area contributed by atoms with Gasteiger partial charge in [0.2, 0.25) is 11.8 Å². The van der Waals surface area contributed by atoms with Crippen LogP contribution in [0.2, 0.25) is 0 Å². The zero-order chi connectivity index (χ0) is 15.0. The summed E-state index contributed by atoms with van der Waals surface area (Å²) in [5, 5.41) is 0. The van der Waals surface area contributed by atoms with Crippen LogP contribution >= 0.6 is 0 Å². The van der Waals surface area contributed by atoms with Crippen molar-refractivity contribution in [1.29, 1.82) is 0 Å². The number of rotatable bonds is 4. The Hall–Kier alpha value is -1.39. The van der Waals surface area contributed by atoms with Crippen LogP contribution in [0.5, 0.6) is 0 Å². The Balaban J connectivity index is 2.69. The standard InChI is InChI=1S/C14H23NO4/c1-8(2)14(5,6)19-11(16)7-15-12(17)9(3)10(4)13(15)18/h8-10H,7H2,1-6H3. The molecule has 0 aliphatic carbocycles. The van der Waals surface area contributed by atoms with Gasteiger partial charge in [0.25, 0.3) is 0 Å². The number of hydrogen-bond donors (Lipinski definition) is 0. The van der Waals surface area contributed by atoms with Crippen molar-refractivity contribution in [2.24, 2.45) is 17.8 Å². The molecule has 1 heterocycles. The second-order valence-corrected chi connectivity index (χ2v) is 6.07. The van der Waals surface area contributed by atoms with Crippen LogP contribution in [0, 0.1) is 17.8 Å². The van der Waals surface area contributed by atoms with Gasteiger partial charge in [-0.15, -0.1) is 0 Å². The Labute approximate surface area is 114 Å². The number of imide groups is 1. The van der Waals surface area contributed by atoms with Gasteiger partial charge in [0.1, 0.15) is 12.1 Å². The van der Waals surface area contributed by atoms with E-state index in [0.29, 0.717) is 0 Å². The fraction of sp³-hybridized carbons (Fsp3) is 0.786. The lowest BCUT2D eigenvalue weighted by Gasteiger charge is -2.29. The third-order valence-corrected chi connectivity index (χ3v) is 4.12. The molecule has 1 saturated heterocycles. The van der Waals surface area contributed by atoms with E-state index in [1.165, 1.54) is 0 Å². The maximum absolute atomic E-state index is 11.9. The molecule has 0 radical (unpaired) electrons. The summed E-state index contributed by atoms with van der Waals surface area (Å²) in [6.45, 7) is 10.6. The number of amides is 2. The number of likely N-dealkylation sites (tertiary alicyclic amines) is 1. The van der Waals surface area contributed by atoms with Crippen LogP contribution in [0.4, 0.5) is 0 Å². The van der Waals surface area contributed by atoms with Crippen molar-refractivity contribution in [3.8, 4) is 0 Å². The molecule has 1 aliphatic heterocycles. The summed E-state index contributed by atoms with van der Waals surface area (Å²) in [6.07, 6.45) is 0. The topological polar surface area (TPSA) is 63.7 Å². The highest BCUT2D eigenvalue weighted by Crippen LogP contribution is 2.26.